The average Bonchev–Trinajstić information content (AvgIpc) is 2.86. The molecule has 11 heteroatoms. The molecule has 0 aromatic carbocycles. The maximum atomic E-state index is 15.3. The van der Waals surface area contributed by atoms with Gasteiger partial charge in [0.25, 0.3) is 0 Å². The number of carbonyl (C=O) groups excluding carboxylic acids is 1. The largest absolute Gasteiger partial charge is 0.383 e. The van der Waals surface area contributed by atoms with E-state index >= 15 is 4.39 Å². The number of methoxy groups -OCH3 is 1. The van der Waals surface area contributed by atoms with Crippen molar-refractivity contribution in [2.45, 2.75) is 64.1 Å². The van der Waals surface area contributed by atoms with Crippen molar-refractivity contribution in [1.82, 2.24) is 31.1 Å². The van der Waals surface area contributed by atoms with E-state index in [1.807, 2.05) is 20.8 Å². The van der Waals surface area contributed by atoms with E-state index in [1.54, 1.807) is 13.2 Å². The number of hydrogen-bond acceptors (Lipinski definition) is 8. The van der Waals surface area contributed by atoms with E-state index in [0.29, 0.717) is 19.6 Å². The molecule has 3 heterocycles. The molecule has 2 saturated heterocycles. The van der Waals surface area contributed by atoms with Crippen LogP contribution in [0.4, 0.5) is 8.78 Å². The number of piperidine rings is 1. The molecule has 1 amide bonds. The zero-order chi connectivity index (χ0) is 26.9. The molecule has 6 N–H and O–H groups in total. The van der Waals surface area contributed by atoms with Crippen molar-refractivity contribution >= 4 is 5.91 Å². The lowest BCUT2D eigenvalue weighted by molar-refractivity contribution is -0.128. The van der Waals surface area contributed by atoms with Crippen molar-refractivity contribution in [1.29, 1.82) is 0 Å². The fraction of sp³-hybridized carbons (Fsp3) is 0.808. The smallest absolute Gasteiger partial charge is 0.228 e. The lowest BCUT2D eigenvalue weighted by Crippen LogP contribution is -2.68. The van der Waals surface area contributed by atoms with Gasteiger partial charge < -0.3 is 31.7 Å². The third kappa shape index (κ3) is 8.18. The number of allylic oxidation sites excluding steroid dienone is 3. The van der Waals surface area contributed by atoms with E-state index in [0.717, 1.165) is 50.4 Å². The van der Waals surface area contributed by atoms with E-state index < -0.39 is 36.4 Å². The molecule has 9 nitrogen and oxygen atoms in total. The maximum Gasteiger partial charge on any atom is 0.228 e. The maximum absolute atomic E-state index is 15.3. The number of halogens is 2. The number of piperazine rings is 1. The van der Waals surface area contributed by atoms with Crippen LogP contribution < -0.4 is 27.0 Å². The van der Waals surface area contributed by atoms with Crippen LogP contribution in [0.1, 0.15) is 33.6 Å². The first-order chi connectivity index (χ1) is 17.7. The summed E-state index contributed by atoms with van der Waals surface area (Å²) >= 11 is 0. The van der Waals surface area contributed by atoms with Crippen molar-refractivity contribution in [2.24, 2.45) is 11.7 Å². The number of alkyl halides is 1. The number of hydrogen-bond donors (Lipinski definition) is 5. The molecule has 6 atom stereocenters. The summed E-state index contributed by atoms with van der Waals surface area (Å²) in [5.41, 5.74) is 8.14. The molecule has 0 saturated carbocycles. The van der Waals surface area contributed by atoms with E-state index in [4.69, 9.17) is 10.5 Å². The highest BCUT2D eigenvalue weighted by molar-refractivity contribution is 5.80. The number of nitrogens with one attached hydrogen (secondary N) is 4. The van der Waals surface area contributed by atoms with E-state index in [9.17, 15) is 9.18 Å². The predicted octanol–water partition coefficient (Wildman–Crippen LogP) is 0.455. The van der Waals surface area contributed by atoms with Gasteiger partial charge in [0, 0.05) is 71.2 Å². The van der Waals surface area contributed by atoms with Crippen LogP contribution in [-0.4, -0.2) is 112 Å². The Balaban J connectivity index is 1.72. The van der Waals surface area contributed by atoms with Gasteiger partial charge in [0.15, 0.2) is 0 Å². The first kappa shape index (κ1) is 29.9. The zero-order valence-corrected chi connectivity index (χ0v) is 22.9. The van der Waals surface area contributed by atoms with Gasteiger partial charge >= 0.3 is 0 Å². The molecule has 212 valence electrons. The molecular formula is C26H47F2N7O2. The average molecular weight is 528 g/mol. The standard InChI is InChI=1S/C26H47F2N7O2/c1-5-6-19-13-20(27)14-31-18(3)23(25(29)32-17(19)2)26(36)33-22-16-30-15-21(28)24(22)35-9-7-34(8-10-35)11-12-37-4/h13,18,21-25,30-32H,5-12,14-16,29H2,1-4H3,(H,33,36)/b19-17-,20-13+. The number of ether oxygens (including phenoxy) is 1. The molecule has 2 fully saturated rings. The van der Waals surface area contributed by atoms with Crippen LogP contribution in [0.3, 0.4) is 0 Å². The first-order valence-electron chi connectivity index (χ1n) is 13.7. The molecule has 0 radical (unpaired) electrons. The summed E-state index contributed by atoms with van der Waals surface area (Å²) in [6.45, 7) is 11.2. The van der Waals surface area contributed by atoms with E-state index in [2.05, 4.69) is 31.1 Å². The topological polar surface area (TPSA) is 107 Å². The summed E-state index contributed by atoms with van der Waals surface area (Å²) in [6, 6.07) is -1.22. The van der Waals surface area contributed by atoms with Crippen LogP contribution in [0.5, 0.6) is 0 Å². The van der Waals surface area contributed by atoms with Crippen molar-refractivity contribution in [2.75, 3.05) is 66.1 Å². The Morgan fingerprint density at radius 3 is 2.68 bits per heavy atom. The number of amides is 1. The molecule has 3 rings (SSSR count). The molecular weight excluding hydrogens is 480 g/mol. The van der Waals surface area contributed by atoms with Gasteiger partial charge in [0.05, 0.1) is 30.8 Å². The second kappa shape index (κ2) is 14.5. The molecule has 0 aromatic heterocycles. The summed E-state index contributed by atoms with van der Waals surface area (Å²) < 4.78 is 35.0. The molecule has 0 spiro atoms. The predicted molar refractivity (Wildman–Crippen MR) is 142 cm³/mol. The number of rotatable bonds is 8. The summed E-state index contributed by atoms with van der Waals surface area (Å²) in [7, 11) is 1.69. The van der Waals surface area contributed by atoms with Gasteiger partial charge in [-0.15, -0.1) is 0 Å². The van der Waals surface area contributed by atoms with Gasteiger partial charge in [-0.05, 0) is 31.9 Å². The minimum atomic E-state index is -1.10. The third-order valence-corrected chi connectivity index (χ3v) is 7.79. The highest BCUT2D eigenvalue weighted by atomic mass is 19.1. The highest BCUT2D eigenvalue weighted by Crippen LogP contribution is 2.21. The monoisotopic (exact) mass is 527 g/mol. The molecule has 3 aliphatic rings. The lowest BCUT2D eigenvalue weighted by Gasteiger charge is -2.46. The van der Waals surface area contributed by atoms with Crippen LogP contribution in [-0.2, 0) is 9.53 Å². The Labute approximate surface area is 220 Å². The number of nitrogens with zero attached hydrogens (tertiary/aromatic N) is 2. The summed E-state index contributed by atoms with van der Waals surface area (Å²) in [5, 5.41) is 12.6. The van der Waals surface area contributed by atoms with Gasteiger partial charge in [-0.1, -0.05) is 13.3 Å². The first-order valence-corrected chi connectivity index (χ1v) is 13.7. The van der Waals surface area contributed by atoms with Crippen molar-refractivity contribution in [3.8, 4) is 0 Å². The quantitative estimate of drug-likeness (QED) is 0.310. The summed E-state index contributed by atoms with van der Waals surface area (Å²) in [5.74, 6) is -1.23. The minimum absolute atomic E-state index is 0.0195. The van der Waals surface area contributed by atoms with Crippen molar-refractivity contribution in [3.63, 3.8) is 0 Å². The molecule has 37 heavy (non-hydrogen) atoms. The second-order valence-electron chi connectivity index (χ2n) is 10.5. The molecule has 0 aliphatic carbocycles. The van der Waals surface area contributed by atoms with Gasteiger partial charge in [-0.2, -0.15) is 0 Å². The van der Waals surface area contributed by atoms with Gasteiger partial charge in [0.1, 0.15) is 12.0 Å². The molecule has 0 aromatic rings. The van der Waals surface area contributed by atoms with Crippen LogP contribution in [0, 0.1) is 5.92 Å². The van der Waals surface area contributed by atoms with Gasteiger partial charge in [-0.3, -0.25) is 14.6 Å². The van der Waals surface area contributed by atoms with Crippen molar-refractivity contribution in [3.05, 3.63) is 23.2 Å². The van der Waals surface area contributed by atoms with Crippen LogP contribution in [0.25, 0.3) is 0 Å². The summed E-state index contributed by atoms with van der Waals surface area (Å²) in [6.07, 6.45) is 1.33. The highest BCUT2D eigenvalue weighted by Gasteiger charge is 2.41. The second-order valence-corrected chi connectivity index (χ2v) is 10.5. The lowest BCUT2D eigenvalue weighted by atomic mass is 9.92. The number of nitrogens with two attached hydrogens (primary N) is 1. The zero-order valence-electron chi connectivity index (χ0n) is 22.9. The normalized spacial score (nSPS) is 36.4. The molecule has 3 aliphatic heterocycles. The molecule has 6 unspecified atom stereocenters. The Bertz CT molecular complexity index is 804. The van der Waals surface area contributed by atoms with E-state index in [1.165, 1.54) is 0 Å². The van der Waals surface area contributed by atoms with Crippen molar-refractivity contribution < 1.29 is 18.3 Å². The molecule has 0 bridgehead atoms. The minimum Gasteiger partial charge on any atom is -0.383 e. The Morgan fingerprint density at radius 1 is 1.27 bits per heavy atom. The van der Waals surface area contributed by atoms with Gasteiger partial charge in [-0.25, -0.2) is 8.78 Å². The SMILES string of the molecule is CCCC1=C(\C)NC(N)C(C(=O)NC2CNCC(F)C2N2CCN(CCOC)CC2)C(C)NC/C(F)=C\1. The van der Waals surface area contributed by atoms with Crippen LogP contribution in [0.2, 0.25) is 0 Å². The van der Waals surface area contributed by atoms with E-state index in [-0.39, 0.29) is 24.8 Å². The van der Waals surface area contributed by atoms with Crippen LogP contribution >= 0.6 is 0 Å². The Hall–Kier alpha value is -1.63. The Kier molecular flexibility index (Phi) is 11.7. The Morgan fingerprint density at radius 2 is 2.00 bits per heavy atom. The fourth-order valence-electron chi connectivity index (χ4n) is 5.67. The fourth-order valence-corrected chi connectivity index (χ4v) is 5.67. The van der Waals surface area contributed by atoms with Crippen LogP contribution in [0.15, 0.2) is 23.2 Å². The number of carbonyl (C=O) groups is 1. The third-order valence-electron chi connectivity index (χ3n) is 7.79. The van der Waals surface area contributed by atoms with Gasteiger partial charge in [0.2, 0.25) is 5.91 Å². The summed E-state index contributed by atoms with van der Waals surface area (Å²) in [4.78, 5) is 18.1.